The van der Waals surface area contributed by atoms with Crippen LogP contribution >= 0.6 is 23.5 Å². The fraction of sp³-hybridized carbons (Fsp3) is 0.667. The normalized spacial score (nSPS) is 24.6. The Balaban J connectivity index is 3.11. The predicted octanol–water partition coefficient (Wildman–Crippen LogP) is -11.9. The number of guanidine groups is 1. The summed E-state index contributed by atoms with van der Waals surface area (Å²) in [6, 6.07) is -31.7. The second-order valence-corrected chi connectivity index (χ2v) is 37.5. The number of amides is 21. The Labute approximate surface area is 816 Å². The number of carboxylic acid groups (broad SMARTS) is 2. The van der Waals surface area contributed by atoms with Crippen molar-refractivity contribution in [3.8, 4) is 0 Å². The molecule has 2 aliphatic heterocycles. The number of carboxylic acids is 2. The molecular weight excluding hydrogens is 1890 g/mol. The summed E-state index contributed by atoms with van der Waals surface area (Å²) < 4.78 is 0. The van der Waals surface area contributed by atoms with E-state index in [9.17, 15) is 136 Å². The van der Waals surface area contributed by atoms with E-state index in [0.717, 1.165) is 13.8 Å². The molecule has 0 bridgehead atoms. The molecule has 2 saturated heterocycles. The second-order valence-electron chi connectivity index (χ2n) is 35.3. The molecule has 0 radical (unpaired) electrons. The monoisotopic (exact) mass is 2030 g/mol. The average Bonchev–Trinajstić information content (AvgIpc) is 0.930. The Morgan fingerprint density at radius 2 is 0.864 bits per heavy atom. The van der Waals surface area contributed by atoms with Gasteiger partial charge < -0.3 is 159 Å². The molecule has 8 unspecified atom stereocenters. The second kappa shape index (κ2) is 60.8. The number of nitrogens with one attached hydrogen (secondary N) is 22. The molecule has 2 heterocycles. The minimum atomic E-state index is -2.36. The van der Waals surface area contributed by atoms with E-state index in [4.69, 9.17) is 22.6 Å². The lowest BCUT2D eigenvalue weighted by molar-refractivity contribution is -0.143. The maximum atomic E-state index is 15.0. The van der Waals surface area contributed by atoms with Crippen LogP contribution in [-0.4, -0.2) is 343 Å². The summed E-state index contributed by atoms with van der Waals surface area (Å²) in [5.74, 6) is -35.9. The van der Waals surface area contributed by atoms with Gasteiger partial charge in [0.1, 0.15) is 103 Å². The van der Waals surface area contributed by atoms with Crippen LogP contribution in [0.1, 0.15) is 155 Å². The van der Waals surface area contributed by atoms with Crippen molar-refractivity contribution in [1.29, 1.82) is 5.41 Å². The van der Waals surface area contributed by atoms with Crippen molar-refractivity contribution >= 4 is 165 Å². The first-order chi connectivity index (χ1) is 65.2. The zero-order chi connectivity index (χ0) is 107. The van der Waals surface area contributed by atoms with Crippen molar-refractivity contribution in [3.05, 3.63) is 24.6 Å². The number of primary amides is 1. The molecule has 0 spiro atoms. The van der Waals surface area contributed by atoms with Crippen LogP contribution < -0.4 is 129 Å². The minimum Gasteiger partial charge on any atom is -0.481 e. The topological polar surface area (TPSA) is 869 Å². The summed E-state index contributed by atoms with van der Waals surface area (Å²) in [6.07, 6.45) is -8.65. The first kappa shape index (κ1) is 123. The number of rotatable bonds is 35. The molecule has 140 heavy (non-hydrogen) atoms. The van der Waals surface area contributed by atoms with Gasteiger partial charge in [0.2, 0.25) is 112 Å². The Kier molecular flexibility index (Phi) is 53.5. The summed E-state index contributed by atoms with van der Waals surface area (Å²) in [5.41, 5.74) is 15.2. The molecule has 786 valence electrons. The summed E-state index contributed by atoms with van der Waals surface area (Å²) in [5, 5.41) is 119. The number of nitrogens with two attached hydrogens (primary N) is 3. The maximum Gasteiger partial charge on any atom is 0.326 e. The number of hydrogen-bond acceptors (Lipinski definition) is 31. The van der Waals surface area contributed by atoms with Crippen LogP contribution in [-0.2, 0) is 110 Å². The van der Waals surface area contributed by atoms with E-state index in [1.165, 1.54) is 20.8 Å². The van der Waals surface area contributed by atoms with Gasteiger partial charge >= 0.3 is 11.9 Å². The number of hydrogen-bond donors (Lipinski definition) is 31. The molecule has 0 aromatic rings. The smallest absolute Gasteiger partial charge is 0.326 e. The molecule has 21 atom stereocenters. The van der Waals surface area contributed by atoms with Crippen molar-refractivity contribution in [1.82, 2.24) is 112 Å². The predicted molar refractivity (Wildman–Crippen MR) is 502 cm³/mol. The van der Waals surface area contributed by atoms with Gasteiger partial charge in [-0.05, 0) is 95.8 Å². The quantitative estimate of drug-likeness (QED) is 0.0121. The fourth-order valence-electron chi connectivity index (χ4n) is 13.1. The molecule has 0 aromatic carbocycles. The zero-order valence-electron chi connectivity index (χ0n) is 80.5. The Hall–Kier alpha value is -12.9. The van der Waals surface area contributed by atoms with Gasteiger partial charge in [0.25, 0.3) is 11.8 Å². The van der Waals surface area contributed by atoms with Crippen molar-refractivity contribution in [2.45, 2.75) is 276 Å². The molecular formula is C84H139N25O29S2. The van der Waals surface area contributed by atoms with Crippen molar-refractivity contribution in [2.75, 3.05) is 49.3 Å². The first-order valence-electron chi connectivity index (χ1n) is 45.0. The highest BCUT2D eigenvalue weighted by atomic mass is 32.2. The van der Waals surface area contributed by atoms with Crippen LogP contribution in [0, 0.1) is 35.0 Å². The van der Waals surface area contributed by atoms with Crippen LogP contribution in [0.2, 0.25) is 0 Å². The first-order valence-corrected chi connectivity index (χ1v) is 47.3. The number of carbonyl (C=O) groups excluding carboxylic acids is 21. The maximum absolute atomic E-state index is 15.0. The highest BCUT2D eigenvalue weighted by molar-refractivity contribution is 7.99. The highest BCUT2D eigenvalue weighted by Crippen LogP contribution is 2.19. The fourth-order valence-corrected chi connectivity index (χ4v) is 15.3. The van der Waals surface area contributed by atoms with Crippen LogP contribution in [0.15, 0.2) is 24.6 Å². The largest absolute Gasteiger partial charge is 0.481 e. The molecule has 2 rings (SSSR count). The van der Waals surface area contributed by atoms with E-state index in [2.05, 4.69) is 119 Å². The van der Waals surface area contributed by atoms with Crippen molar-refractivity contribution in [3.63, 3.8) is 0 Å². The molecule has 21 amide bonds. The standard InChI is InChI=1S/C84H139N25O29S2/c1-17-38(10)62-80(134)108-64(44(16)113)82(136)109-63(43(15)112)81(135)106-56(77(131)102-51(83(137)138)25-57(85)114)33-140-32-55(78(132)103-52(29-110)75(129)101-46(21-34(2)3)70(124)94-41(13)67(121)107-62)105-74(128)50(26-60(117)118)95-58(115)27-90-68(122)53-30-139-31-54(96-59(116)28-91-79(133)61(86)42(14)111)76(130)97-45(19-18-20-89-84(87)88)69(123)93-39(11)65(119)92-40(12)66(120)98-47(22-35(4)5)71(125)99-48(23-36(6)7)72(126)100-49(24-37(8)9)73(127)104-53/h34-39,42-56,61-64,110-113H,12-13,17-33,86H2,1-11,14-16H3,(H2,85,114)(H,90,122)(H,91,133)(H,92,119)(H,93,123)(H,94,124)(H,95,115)(H,96,116)(H,97,130)(H,98,120)(H,99,125)(H,100,126)(H,101,129)(H,102,131)(H,103,132)(H,104,127)(H,105,128)(H,106,135)(H,107,121)(H,108,134)(H,109,136)(H,117,118)(H,137,138)(H4,87,88,89)/t38-,39-,42+,43+,44+,45?,46-,47?,48-,49?,50-,51-,52?,53?,54-,55?,56?,61-,62-,63-,64?/m0/s1. The van der Waals surface area contributed by atoms with Crippen LogP contribution in [0.4, 0.5) is 0 Å². The van der Waals surface area contributed by atoms with Crippen molar-refractivity contribution < 1.29 is 141 Å². The van der Waals surface area contributed by atoms with E-state index >= 15 is 4.79 Å². The third kappa shape index (κ3) is 44.5. The van der Waals surface area contributed by atoms with Gasteiger partial charge in [-0.25, -0.2) is 4.79 Å². The van der Waals surface area contributed by atoms with E-state index in [0.29, 0.717) is 23.5 Å². The molecule has 0 saturated carbocycles. The van der Waals surface area contributed by atoms with Gasteiger partial charge in [-0.2, -0.15) is 23.5 Å². The van der Waals surface area contributed by atoms with E-state index in [1.807, 2.05) is 5.32 Å². The van der Waals surface area contributed by atoms with E-state index in [1.54, 1.807) is 62.3 Å². The van der Waals surface area contributed by atoms with Gasteiger partial charge in [-0.3, -0.25) is 111 Å². The third-order valence-electron chi connectivity index (χ3n) is 20.9. The van der Waals surface area contributed by atoms with Crippen LogP contribution in [0.25, 0.3) is 0 Å². The number of aliphatic hydroxyl groups excluding tert-OH is 4. The van der Waals surface area contributed by atoms with Gasteiger partial charge in [-0.15, -0.1) is 0 Å². The van der Waals surface area contributed by atoms with Crippen LogP contribution in [0.5, 0.6) is 0 Å². The Morgan fingerprint density at radius 1 is 0.450 bits per heavy atom. The molecule has 0 aromatic heterocycles. The van der Waals surface area contributed by atoms with Gasteiger partial charge in [0, 0.05) is 29.6 Å². The highest BCUT2D eigenvalue weighted by Gasteiger charge is 2.42. The summed E-state index contributed by atoms with van der Waals surface area (Å²) >= 11 is 0.975. The summed E-state index contributed by atoms with van der Waals surface area (Å²) in [7, 11) is 0. The van der Waals surface area contributed by atoms with Gasteiger partial charge in [0.05, 0.1) is 62.2 Å². The number of thioether (sulfide) groups is 2. The van der Waals surface area contributed by atoms with E-state index < -0.39 is 348 Å². The number of carbonyl (C=O) groups is 23. The van der Waals surface area contributed by atoms with Crippen LogP contribution in [0.3, 0.4) is 0 Å². The Bertz CT molecular complexity index is 4460. The lowest BCUT2D eigenvalue weighted by Crippen LogP contribution is -2.63. The molecule has 2 fully saturated rings. The lowest BCUT2D eigenvalue weighted by Gasteiger charge is -2.30. The third-order valence-corrected chi connectivity index (χ3v) is 23.2. The summed E-state index contributed by atoms with van der Waals surface area (Å²) in [4.78, 5) is 323. The summed E-state index contributed by atoms with van der Waals surface area (Å²) in [6.45, 7) is 24.2. The molecule has 56 heteroatoms. The lowest BCUT2D eigenvalue weighted by atomic mass is 9.97. The molecule has 34 N–H and O–H groups in total. The average molecular weight is 2030 g/mol. The molecule has 0 aliphatic carbocycles. The van der Waals surface area contributed by atoms with Crippen molar-refractivity contribution in [2.24, 2.45) is 46.8 Å². The zero-order valence-corrected chi connectivity index (χ0v) is 82.1. The number of aliphatic carboxylic acids is 2. The molecule has 54 nitrogen and oxygen atoms in total. The van der Waals surface area contributed by atoms with E-state index in [-0.39, 0.29) is 63.3 Å². The number of aliphatic hydroxyl groups is 4. The van der Waals surface area contributed by atoms with Gasteiger partial charge in [-0.1, -0.05) is 88.8 Å². The minimum absolute atomic E-state index is 0.0531. The van der Waals surface area contributed by atoms with Gasteiger partial charge in [0.15, 0.2) is 5.96 Å². The SMILES string of the molecule is C=C1NC(=O)[C@H](C)NC(=O)C(CCCNC(=N)N)NC(=O)[C@@H](NC(=O)CNC(=O)[C@@H](N)[C@@H](C)O)CSCC(C(=O)NCC(=O)N[C@@H](CC(=O)O)C(=O)NC2CSCC(C(=O)N[C@@H](CC(N)=O)C(=O)O)NC(=O)[C@H]([C@@H](C)O)NC(=O)C([C@@H](C)O)NC(=O)[C@H]([C@@H](C)CC)NC(=O)C(=C)NC(=O)[C@H](CC(C)C)NC(=O)C(CO)NC2=O)NC(=O)C(CC(C)C)NC(=O)[C@H](CC(C)C)NC(=O)C(CC(C)C)NC1=O. The Morgan fingerprint density at radius 3 is 1.32 bits per heavy atom. The molecule has 2 aliphatic rings.